The van der Waals surface area contributed by atoms with Gasteiger partial charge in [0.15, 0.2) is 17.5 Å². The number of nitrogens with zero attached hydrogens (tertiary/aromatic N) is 4. The predicted octanol–water partition coefficient (Wildman–Crippen LogP) is 13.9. The molecule has 12 rings (SSSR count). The summed E-state index contributed by atoms with van der Waals surface area (Å²) in [4.78, 5) is 15.5. The summed E-state index contributed by atoms with van der Waals surface area (Å²) in [6, 6.07) is 63.9. The quantitative estimate of drug-likeness (QED) is 0.176. The lowest BCUT2D eigenvalue weighted by molar-refractivity contribution is 0.669. The first-order valence-corrected chi connectivity index (χ1v) is 19.8. The zero-order chi connectivity index (χ0) is 37.5. The summed E-state index contributed by atoms with van der Waals surface area (Å²) in [6.07, 6.45) is 0. The van der Waals surface area contributed by atoms with Gasteiger partial charge in [-0.1, -0.05) is 127 Å². The van der Waals surface area contributed by atoms with Crippen molar-refractivity contribution in [3.05, 3.63) is 182 Å². The second-order valence-electron chi connectivity index (χ2n) is 14.4. The van der Waals surface area contributed by atoms with Crippen molar-refractivity contribution in [3.63, 3.8) is 0 Å². The molecule has 0 N–H and O–H groups in total. The van der Waals surface area contributed by atoms with E-state index in [0.29, 0.717) is 17.5 Å². The van der Waals surface area contributed by atoms with E-state index in [-0.39, 0.29) is 0 Å². The van der Waals surface area contributed by atoms with Gasteiger partial charge in [-0.3, -0.25) is 0 Å². The van der Waals surface area contributed by atoms with Crippen LogP contribution in [0.3, 0.4) is 0 Å². The Hall–Kier alpha value is -7.41. The van der Waals surface area contributed by atoms with Gasteiger partial charge < -0.3 is 8.98 Å². The minimum atomic E-state index is 0.626. The molecule has 12 aromatic rings. The van der Waals surface area contributed by atoms with Gasteiger partial charge in [0.1, 0.15) is 11.2 Å². The smallest absolute Gasteiger partial charge is 0.165 e. The number of thiophene rings is 1. The highest BCUT2D eigenvalue weighted by Gasteiger charge is 2.19. The number of aromatic nitrogens is 4. The monoisotopic (exact) mass is 746 g/mol. The van der Waals surface area contributed by atoms with Crippen LogP contribution >= 0.6 is 11.3 Å². The first kappa shape index (κ1) is 31.9. The van der Waals surface area contributed by atoms with Crippen molar-refractivity contribution in [2.75, 3.05) is 0 Å². The van der Waals surface area contributed by atoms with Crippen LogP contribution < -0.4 is 0 Å². The van der Waals surface area contributed by atoms with Gasteiger partial charge in [0.05, 0.1) is 11.0 Å². The normalized spacial score (nSPS) is 11.9. The number of rotatable bonds is 5. The lowest BCUT2D eigenvalue weighted by atomic mass is 10.0. The fourth-order valence-electron chi connectivity index (χ4n) is 8.38. The van der Waals surface area contributed by atoms with Gasteiger partial charge in [-0.15, -0.1) is 11.3 Å². The van der Waals surface area contributed by atoms with E-state index >= 15 is 0 Å². The molecule has 0 aliphatic carbocycles. The fraction of sp³-hybridized carbons (Fsp3) is 0. The van der Waals surface area contributed by atoms with Gasteiger partial charge in [0, 0.05) is 64.1 Å². The van der Waals surface area contributed by atoms with E-state index in [0.717, 1.165) is 66.5 Å². The Bertz CT molecular complexity index is 3540. The van der Waals surface area contributed by atoms with Crippen LogP contribution in [0, 0.1) is 0 Å². The lowest BCUT2D eigenvalue weighted by Crippen LogP contribution is -2.01. The molecule has 5 nitrogen and oxygen atoms in total. The van der Waals surface area contributed by atoms with Crippen LogP contribution in [0.15, 0.2) is 186 Å². The summed E-state index contributed by atoms with van der Waals surface area (Å²) in [7, 11) is 0. The van der Waals surface area contributed by atoms with E-state index in [4.69, 9.17) is 19.4 Å². The maximum Gasteiger partial charge on any atom is 0.165 e. The lowest BCUT2D eigenvalue weighted by Gasteiger charge is -2.12. The molecule has 0 fully saturated rings. The van der Waals surface area contributed by atoms with E-state index in [2.05, 4.69) is 156 Å². The minimum Gasteiger partial charge on any atom is -0.456 e. The second-order valence-corrected chi connectivity index (χ2v) is 15.4. The molecule has 0 bridgehead atoms. The summed E-state index contributed by atoms with van der Waals surface area (Å²) >= 11 is 1.78. The van der Waals surface area contributed by atoms with Crippen molar-refractivity contribution in [1.82, 2.24) is 19.5 Å². The number of fused-ring (bicyclic) bond motifs is 9. The zero-order valence-electron chi connectivity index (χ0n) is 30.4. The first-order valence-electron chi connectivity index (χ1n) is 19.0. The summed E-state index contributed by atoms with van der Waals surface area (Å²) < 4.78 is 10.9. The summed E-state index contributed by atoms with van der Waals surface area (Å²) in [6.45, 7) is 0. The Morgan fingerprint density at radius 2 is 1.04 bits per heavy atom. The Labute approximate surface area is 330 Å². The molecule has 0 unspecified atom stereocenters. The minimum absolute atomic E-state index is 0.626. The van der Waals surface area contributed by atoms with Gasteiger partial charge in [-0.05, 0) is 65.7 Å². The van der Waals surface area contributed by atoms with Crippen molar-refractivity contribution in [3.8, 4) is 51.0 Å². The number of para-hydroxylation sites is 2. The number of hydrogen-bond donors (Lipinski definition) is 0. The average Bonchev–Trinajstić information content (AvgIpc) is 3.96. The Balaban J connectivity index is 1.04. The number of hydrogen-bond acceptors (Lipinski definition) is 5. The van der Waals surface area contributed by atoms with Crippen LogP contribution in [0.4, 0.5) is 0 Å². The molecule has 0 aliphatic rings. The summed E-state index contributed by atoms with van der Waals surface area (Å²) in [5.74, 6) is 1.93. The maximum atomic E-state index is 6.16. The van der Waals surface area contributed by atoms with E-state index in [1.807, 2.05) is 30.3 Å². The Morgan fingerprint density at radius 1 is 0.386 bits per heavy atom. The van der Waals surface area contributed by atoms with Gasteiger partial charge in [-0.2, -0.15) is 0 Å². The van der Waals surface area contributed by atoms with Crippen LogP contribution in [-0.2, 0) is 0 Å². The van der Waals surface area contributed by atoms with Crippen molar-refractivity contribution in [2.24, 2.45) is 0 Å². The molecular formula is C51H30N4OS. The molecular weight excluding hydrogens is 717 g/mol. The molecule has 0 aliphatic heterocycles. The SMILES string of the molecule is c1ccc(-c2nc(-c3cccc(-n4c5ccccc5c5ccc(-c6ccc7oc8ccccc8c7c6)cc54)c3)nc(-c3cccc4c3sc3ccccc34)n2)cc1. The van der Waals surface area contributed by atoms with E-state index in [9.17, 15) is 0 Å². The molecule has 0 spiro atoms. The third-order valence-electron chi connectivity index (χ3n) is 11.1. The standard InChI is InChI=1S/C51H30N4OS/c1-2-12-31(13-3-1)49-52-50(54-51(53-49)41-20-11-19-40-39-18-6-9-23-47(39)57-48(40)41)34-14-10-15-35(28-34)55-43-21-7-4-16-36(43)37-26-24-33(30-44(37)55)32-25-27-46-42(29-32)38-17-5-8-22-45(38)56-46/h1-30H. The molecule has 0 saturated heterocycles. The highest BCUT2D eigenvalue weighted by Crippen LogP contribution is 2.41. The van der Waals surface area contributed by atoms with Gasteiger partial charge in [-0.25, -0.2) is 15.0 Å². The molecule has 57 heavy (non-hydrogen) atoms. The molecule has 4 aromatic heterocycles. The van der Waals surface area contributed by atoms with Crippen LogP contribution in [-0.4, -0.2) is 19.5 Å². The molecule has 0 atom stereocenters. The van der Waals surface area contributed by atoms with Crippen LogP contribution in [0.25, 0.3) is 115 Å². The molecule has 4 heterocycles. The van der Waals surface area contributed by atoms with E-state index < -0.39 is 0 Å². The van der Waals surface area contributed by atoms with Crippen LogP contribution in [0.5, 0.6) is 0 Å². The third kappa shape index (κ3) is 5.12. The maximum absolute atomic E-state index is 6.16. The molecule has 6 heteroatoms. The third-order valence-corrected chi connectivity index (χ3v) is 12.3. The number of benzene rings is 8. The molecule has 266 valence electrons. The molecule has 0 radical (unpaired) electrons. The van der Waals surface area contributed by atoms with Gasteiger partial charge in [0.2, 0.25) is 0 Å². The first-order chi connectivity index (χ1) is 28.2. The van der Waals surface area contributed by atoms with Crippen molar-refractivity contribution in [2.45, 2.75) is 0 Å². The zero-order valence-corrected chi connectivity index (χ0v) is 31.2. The molecule has 8 aromatic carbocycles. The van der Waals surface area contributed by atoms with Gasteiger partial charge in [0.25, 0.3) is 0 Å². The van der Waals surface area contributed by atoms with Crippen molar-refractivity contribution >= 4 is 75.3 Å². The fourth-order valence-corrected chi connectivity index (χ4v) is 9.59. The van der Waals surface area contributed by atoms with Gasteiger partial charge >= 0.3 is 0 Å². The Morgan fingerprint density at radius 3 is 1.95 bits per heavy atom. The van der Waals surface area contributed by atoms with E-state index in [1.54, 1.807) is 11.3 Å². The second kappa shape index (κ2) is 12.6. The van der Waals surface area contributed by atoms with Crippen LogP contribution in [0.1, 0.15) is 0 Å². The predicted molar refractivity (Wildman–Crippen MR) is 236 cm³/mol. The van der Waals surface area contributed by atoms with Crippen molar-refractivity contribution < 1.29 is 4.42 Å². The average molecular weight is 747 g/mol. The summed E-state index contributed by atoms with van der Waals surface area (Å²) in [5, 5.41) is 7.09. The van der Waals surface area contributed by atoms with E-state index in [1.165, 1.54) is 30.9 Å². The largest absolute Gasteiger partial charge is 0.456 e. The van der Waals surface area contributed by atoms with Crippen molar-refractivity contribution in [1.29, 1.82) is 0 Å². The molecule has 0 amide bonds. The Kier molecular flexibility index (Phi) is 7.03. The highest BCUT2D eigenvalue weighted by atomic mass is 32.1. The number of furan rings is 1. The molecule has 0 saturated carbocycles. The van der Waals surface area contributed by atoms with Crippen LogP contribution in [0.2, 0.25) is 0 Å². The summed E-state index contributed by atoms with van der Waals surface area (Å²) in [5.41, 5.74) is 10.2. The highest BCUT2D eigenvalue weighted by molar-refractivity contribution is 7.26. The topological polar surface area (TPSA) is 56.7 Å².